The molecule has 1 atom stereocenters. The molecule has 0 heterocycles. The van der Waals surface area contributed by atoms with Crippen molar-refractivity contribution in [1.82, 2.24) is 5.32 Å². The molecule has 0 saturated heterocycles. The standard InChI is InChI=1S/C18H25NO3/c20-17(12-6-11-14-7-4-5-8-14)19-16(18(21)22)13-15-9-2-1-3-10-15/h1-3,9-10,14,16H,4-8,11-13H2,(H,19,20)(H,21,22). The van der Waals surface area contributed by atoms with Crippen molar-refractivity contribution < 1.29 is 14.7 Å². The van der Waals surface area contributed by atoms with Crippen LogP contribution in [0.15, 0.2) is 30.3 Å². The van der Waals surface area contributed by atoms with Crippen LogP contribution in [0.1, 0.15) is 50.5 Å². The van der Waals surface area contributed by atoms with Crippen LogP contribution in [0.5, 0.6) is 0 Å². The first-order valence-corrected chi connectivity index (χ1v) is 8.21. The Hall–Kier alpha value is -1.84. The van der Waals surface area contributed by atoms with Crippen molar-refractivity contribution in [2.24, 2.45) is 5.92 Å². The molecule has 1 aromatic rings. The van der Waals surface area contributed by atoms with E-state index in [1.54, 1.807) is 0 Å². The average molecular weight is 303 g/mol. The fourth-order valence-corrected chi connectivity index (χ4v) is 3.17. The summed E-state index contributed by atoms with van der Waals surface area (Å²) in [4.78, 5) is 23.3. The van der Waals surface area contributed by atoms with Crippen LogP contribution in [0, 0.1) is 5.92 Å². The van der Waals surface area contributed by atoms with Gasteiger partial charge in [0.2, 0.25) is 5.91 Å². The van der Waals surface area contributed by atoms with Gasteiger partial charge in [-0.1, -0.05) is 56.0 Å². The third-order valence-electron chi connectivity index (χ3n) is 4.41. The second-order valence-corrected chi connectivity index (χ2v) is 6.19. The van der Waals surface area contributed by atoms with Crippen molar-refractivity contribution in [2.45, 2.75) is 57.4 Å². The molecule has 0 aliphatic heterocycles. The van der Waals surface area contributed by atoms with E-state index in [1.807, 2.05) is 30.3 Å². The van der Waals surface area contributed by atoms with Crippen LogP contribution >= 0.6 is 0 Å². The van der Waals surface area contributed by atoms with E-state index in [-0.39, 0.29) is 5.91 Å². The normalized spacial score (nSPS) is 16.4. The lowest BCUT2D eigenvalue weighted by Crippen LogP contribution is -2.42. The van der Waals surface area contributed by atoms with Gasteiger partial charge in [-0.05, 0) is 24.3 Å². The van der Waals surface area contributed by atoms with Gasteiger partial charge in [0.25, 0.3) is 0 Å². The molecule has 0 aromatic heterocycles. The molecule has 1 unspecified atom stereocenters. The highest BCUT2D eigenvalue weighted by Gasteiger charge is 2.20. The fraction of sp³-hybridized carbons (Fsp3) is 0.556. The Labute approximate surface area is 131 Å². The summed E-state index contributed by atoms with van der Waals surface area (Å²) in [6.07, 6.45) is 7.89. The molecule has 120 valence electrons. The number of aliphatic carboxylic acids is 1. The summed E-state index contributed by atoms with van der Waals surface area (Å²) in [5.41, 5.74) is 0.918. The average Bonchev–Trinajstić information content (AvgIpc) is 3.01. The Balaban J connectivity index is 1.74. The zero-order valence-electron chi connectivity index (χ0n) is 13.0. The molecule has 1 aliphatic carbocycles. The van der Waals surface area contributed by atoms with Crippen molar-refractivity contribution in [1.29, 1.82) is 0 Å². The lowest BCUT2D eigenvalue weighted by atomic mass is 10.0. The number of hydrogen-bond acceptors (Lipinski definition) is 2. The van der Waals surface area contributed by atoms with Crippen LogP contribution in [-0.4, -0.2) is 23.0 Å². The molecule has 22 heavy (non-hydrogen) atoms. The second-order valence-electron chi connectivity index (χ2n) is 6.19. The third kappa shape index (κ3) is 5.51. The van der Waals surface area contributed by atoms with Crippen molar-refractivity contribution in [3.05, 3.63) is 35.9 Å². The Bertz CT molecular complexity index is 480. The van der Waals surface area contributed by atoms with Crippen molar-refractivity contribution in [3.8, 4) is 0 Å². The molecule has 2 N–H and O–H groups in total. The highest BCUT2D eigenvalue weighted by Crippen LogP contribution is 2.28. The van der Waals surface area contributed by atoms with Crippen LogP contribution < -0.4 is 5.32 Å². The Morgan fingerprint density at radius 3 is 2.50 bits per heavy atom. The maximum absolute atomic E-state index is 11.9. The number of carbonyl (C=O) groups excluding carboxylic acids is 1. The highest BCUT2D eigenvalue weighted by atomic mass is 16.4. The van der Waals surface area contributed by atoms with Gasteiger partial charge >= 0.3 is 5.97 Å². The summed E-state index contributed by atoms with van der Waals surface area (Å²) in [5.74, 6) is -0.360. The van der Waals surface area contributed by atoms with Gasteiger partial charge in [-0.15, -0.1) is 0 Å². The predicted molar refractivity (Wildman–Crippen MR) is 85.5 cm³/mol. The zero-order valence-corrected chi connectivity index (χ0v) is 13.0. The first kappa shape index (κ1) is 16.5. The van der Waals surface area contributed by atoms with Crippen LogP contribution in [-0.2, 0) is 16.0 Å². The quantitative estimate of drug-likeness (QED) is 0.775. The molecule has 4 nitrogen and oxygen atoms in total. The fourth-order valence-electron chi connectivity index (χ4n) is 3.17. The van der Waals surface area contributed by atoms with Gasteiger partial charge in [0.1, 0.15) is 6.04 Å². The van der Waals surface area contributed by atoms with Crippen LogP contribution in [0.25, 0.3) is 0 Å². The van der Waals surface area contributed by atoms with Crippen molar-refractivity contribution >= 4 is 11.9 Å². The Morgan fingerprint density at radius 1 is 1.18 bits per heavy atom. The first-order valence-electron chi connectivity index (χ1n) is 8.21. The molecule has 2 rings (SSSR count). The molecule has 0 bridgehead atoms. The molecule has 1 aromatic carbocycles. The molecule has 1 aliphatic rings. The lowest BCUT2D eigenvalue weighted by molar-refractivity contribution is -0.141. The number of benzene rings is 1. The number of rotatable bonds is 8. The summed E-state index contributed by atoms with van der Waals surface area (Å²) >= 11 is 0. The number of carbonyl (C=O) groups is 2. The molecular formula is C18H25NO3. The van der Waals surface area contributed by atoms with Gasteiger partial charge in [-0.25, -0.2) is 4.79 Å². The summed E-state index contributed by atoms with van der Waals surface area (Å²) in [6.45, 7) is 0. The number of carboxylic acid groups (broad SMARTS) is 1. The van der Waals surface area contributed by atoms with E-state index >= 15 is 0 Å². The minimum atomic E-state index is -0.979. The van der Waals surface area contributed by atoms with E-state index in [2.05, 4.69) is 5.32 Å². The van der Waals surface area contributed by atoms with E-state index in [0.717, 1.165) is 24.3 Å². The minimum absolute atomic E-state index is 0.152. The van der Waals surface area contributed by atoms with Gasteiger partial charge in [0, 0.05) is 12.8 Å². The first-order chi connectivity index (χ1) is 10.6. The van der Waals surface area contributed by atoms with E-state index < -0.39 is 12.0 Å². The summed E-state index contributed by atoms with van der Waals surface area (Å²) in [6, 6.07) is 8.54. The van der Waals surface area contributed by atoms with Crippen LogP contribution in [0.3, 0.4) is 0 Å². The Kier molecular flexibility index (Phi) is 6.44. The number of hydrogen-bond donors (Lipinski definition) is 2. The largest absolute Gasteiger partial charge is 0.480 e. The van der Waals surface area contributed by atoms with Gasteiger partial charge < -0.3 is 10.4 Å². The van der Waals surface area contributed by atoms with Gasteiger partial charge in [-0.2, -0.15) is 0 Å². The molecule has 1 amide bonds. The third-order valence-corrected chi connectivity index (χ3v) is 4.41. The summed E-state index contributed by atoms with van der Waals surface area (Å²) < 4.78 is 0. The lowest BCUT2D eigenvalue weighted by Gasteiger charge is -2.15. The zero-order chi connectivity index (χ0) is 15.8. The van der Waals surface area contributed by atoms with Gasteiger partial charge in [-0.3, -0.25) is 4.79 Å². The van der Waals surface area contributed by atoms with E-state index in [1.165, 1.54) is 25.7 Å². The van der Waals surface area contributed by atoms with Gasteiger partial charge in [0.05, 0.1) is 0 Å². The van der Waals surface area contributed by atoms with Crippen LogP contribution in [0.4, 0.5) is 0 Å². The van der Waals surface area contributed by atoms with Gasteiger partial charge in [0.15, 0.2) is 0 Å². The highest BCUT2D eigenvalue weighted by molar-refractivity contribution is 5.83. The topological polar surface area (TPSA) is 66.4 Å². The summed E-state index contributed by atoms with van der Waals surface area (Å²) in [7, 11) is 0. The maximum Gasteiger partial charge on any atom is 0.326 e. The summed E-state index contributed by atoms with van der Waals surface area (Å²) in [5, 5.41) is 11.9. The molecule has 0 radical (unpaired) electrons. The predicted octanol–water partition coefficient (Wildman–Crippen LogP) is 3.16. The van der Waals surface area contributed by atoms with Crippen molar-refractivity contribution in [3.63, 3.8) is 0 Å². The SMILES string of the molecule is O=C(CCCC1CCCC1)NC(Cc1ccccc1)C(=O)O. The molecule has 0 spiro atoms. The van der Waals surface area contributed by atoms with E-state index in [9.17, 15) is 14.7 Å². The van der Waals surface area contributed by atoms with E-state index in [4.69, 9.17) is 0 Å². The second kappa shape index (κ2) is 8.57. The molecule has 1 fully saturated rings. The van der Waals surface area contributed by atoms with E-state index in [0.29, 0.717) is 12.8 Å². The van der Waals surface area contributed by atoms with Crippen molar-refractivity contribution in [2.75, 3.05) is 0 Å². The molecular weight excluding hydrogens is 278 g/mol. The number of carboxylic acids is 1. The minimum Gasteiger partial charge on any atom is -0.480 e. The number of nitrogens with one attached hydrogen (secondary N) is 1. The Morgan fingerprint density at radius 2 is 1.86 bits per heavy atom. The molecule has 4 heteroatoms. The monoisotopic (exact) mass is 303 g/mol. The molecule has 1 saturated carbocycles. The smallest absolute Gasteiger partial charge is 0.326 e. The maximum atomic E-state index is 11.9. The number of amides is 1. The van der Waals surface area contributed by atoms with Crippen LogP contribution in [0.2, 0.25) is 0 Å².